The Hall–Kier alpha value is -3.74. The second kappa shape index (κ2) is 11.6. The molecule has 7 heteroatoms. The van der Waals surface area contributed by atoms with Crippen molar-refractivity contribution in [1.29, 1.82) is 0 Å². The highest BCUT2D eigenvalue weighted by Gasteiger charge is 2.43. The van der Waals surface area contributed by atoms with Crippen LogP contribution in [-0.2, 0) is 14.3 Å². The number of hydrogen-bond donors (Lipinski definition) is 1. The molecule has 2 aromatic carbocycles. The molecule has 1 saturated carbocycles. The molecule has 1 heterocycles. The van der Waals surface area contributed by atoms with Gasteiger partial charge in [-0.15, -0.1) is 0 Å². The van der Waals surface area contributed by atoms with E-state index in [0.29, 0.717) is 41.2 Å². The summed E-state index contributed by atoms with van der Waals surface area (Å²) in [6, 6.07) is 13.4. The fraction of sp³-hybridized carbons (Fsp3) is 0.438. The Morgan fingerprint density at radius 3 is 2.23 bits per heavy atom. The number of ether oxygens (including phenoxy) is 4. The zero-order valence-electron chi connectivity index (χ0n) is 23.2. The molecule has 3 aliphatic rings. The number of rotatable bonds is 7. The summed E-state index contributed by atoms with van der Waals surface area (Å²) in [5.74, 6) is 1.06. The van der Waals surface area contributed by atoms with Crippen molar-refractivity contribution in [1.82, 2.24) is 5.32 Å². The van der Waals surface area contributed by atoms with Crippen LogP contribution in [0.15, 0.2) is 65.0 Å². The maximum atomic E-state index is 13.9. The van der Waals surface area contributed by atoms with E-state index in [2.05, 4.69) is 5.32 Å². The first-order valence-corrected chi connectivity index (χ1v) is 13.7. The number of Topliss-reactive ketones (excluding diaryl/α,β-unsaturated/α-hetero) is 1. The molecule has 0 unspecified atom stereocenters. The highest BCUT2D eigenvalue weighted by molar-refractivity contribution is 6.04. The number of hydrogen-bond acceptors (Lipinski definition) is 7. The number of nitrogens with one attached hydrogen (secondary N) is 1. The van der Waals surface area contributed by atoms with Gasteiger partial charge < -0.3 is 24.3 Å². The summed E-state index contributed by atoms with van der Waals surface area (Å²) < 4.78 is 22.5. The van der Waals surface area contributed by atoms with E-state index in [-0.39, 0.29) is 23.8 Å². The van der Waals surface area contributed by atoms with Crippen LogP contribution in [0.2, 0.25) is 0 Å². The van der Waals surface area contributed by atoms with E-state index in [9.17, 15) is 9.59 Å². The van der Waals surface area contributed by atoms with Crippen molar-refractivity contribution in [2.75, 3.05) is 21.3 Å². The number of ketones is 1. The Labute approximate surface area is 230 Å². The fourth-order valence-electron chi connectivity index (χ4n) is 6.19. The van der Waals surface area contributed by atoms with Crippen molar-refractivity contribution in [2.45, 2.75) is 69.8 Å². The third-order valence-corrected chi connectivity index (χ3v) is 8.21. The minimum atomic E-state index is -0.595. The van der Waals surface area contributed by atoms with Gasteiger partial charge in [0.15, 0.2) is 5.78 Å². The number of allylic oxidation sites excluding steroid dienone is 3. The molecular weight excluding hydrogens is 494 g/mol. The van der Waals surface area contributed by atoms with Crippen LogP contribution in [0.1, 0.15) is 74.8 Å². The molecule has 206 valence electrons. The molecule has 0 spiro atoms. The first kappa shape index (κ1) is 26.9. The van der Waals surface area contributed by atoms with Crippen LogP contribution >= 0.6 is 0 Å². The molecule has 2 aromatic rings. The van der Waals surface area contributed by atoms with Gasteiger partial charge in [0.2, 0.25) is 0 Å². The average molecular weight is 532 g/mol. The van der Waals surface area contributed by atoms with Crippen LogP contribution in [0.25, 0.3) is 0 Å². The smallest absolute Gasteiger partial charge is 0.337 e. The number of esters is 1. The van der Waals surface area contributed by atoms with Crippen LogP contribution in [0.3, 0.4) is 0 Å². The normalized spacial score (nSPS) is 21.7. The summed E-state index contributed by atoms with van der Waals surface area (Å²) in [7, 11) is 4.83. The second-order valence-corrected chi connectivity index (χ2v) is 10.6. The lowest BCUT2D eigenvalue weighted by molar-refractivity contribution is -0.146. The summed E-state index contributed by atoms with van der Waals surface area (Å²) in [4.78, 5) is 27.7. The zero-order valence-corrected chi connectivity index (χ0v) is 23.2. The van der Waals surface area contributed by atoms with Crippen molar-refractivity contribution >= 4 is 11.8 Å². The molecule has 0 bridgehead atoms. The van der Waals surface area contributed by atoms with Gasteiger partial charge in [-0.05, 0) is 68.7 Å². The maximum Gasteiger partial charge on any atom is 0.337 e. The van der Waals surface area contributed by atoms with Crippen molar-refractivity contribution in [2.24, 2.45) is 0 Å². The molecule has 5 rings (SSSR count). The van der Waals surface area contributed by atoms with Gasteiger partial charge in [-0.25, -0.2) is 4.79 Å². The van der Waals surface area contributed by atoms with Crippen LogP contribution in [0.5, 0.6) is 17.2 Å². The van der Waals surface area contributed by atoms with E-state index in [1.165, 1.54) is 6.42 Å². The van der Waals surface area contributed by atoms with Gasteiger partial charge in [-0.3, -0.25) is 4.79 Å². The Balaban J connectivity index is 1.56. The zero-order chi connectivity index (χ0) is 27.5. The topological polar surface area (TPSA) is 83.1 Å². The van der Waals surface area contributed by atoms with Crippen molar-refractivity contribution in [3.05, 3.63) is 76.1 Å². The first-order valence-electron chi connectivity index (χ1n) is 13.7. The molecule has 39 heavy (non-hydrogen) atoms. The Morgan fingerprint density at radius 2 is 1.56 bits per heavy atom. The van der Waals surface area contributed by atoms with E-state index in [1.807, 2.05) is 43.3 Å². The van der Waals surface area contributed by atoms with Crippen molar-refractivity contribution in [3.63, 3.8) is 0 Å². The maximum absolute atomic E-state index is 13.9. The molecule has 0 radical (unpaired) electrons. The molecule has 0 aromatic heterocycles. The van der Waals surface area contributed by atoms with Gasteiger partial charge in [-0.1, -0.05) is 24.6 Å². The molecule has 7 nitrogen and oxygen atoms in total. The lowest BCUT2D eigenvalue weighted by Gasteiger charge is -2.37. The van der Waals surface area contributed by atoms with Crippen LogP contribution < -0.4 is 19.5 Å². The third-order valence-electron chi connectivity index (χ3n) is 8.21. The van der Waals surface area contributed by atoms with E-state index in [1.54, 1.807) is 27.4 Å². The summed E-state index contributed by atoms with van der Waals surface area (Å²) in [6.45, 7) is 1.89. The summed E-state index contributed by atoms with van der Waals surface area (Å²) in [5.41, 5.74) is 4.48. The van der Waals surface area contributed by atoms with Gasteiger partial charge in [-0.2, -0.15) is 0 Å². The van der Waals surface area contributed by atoms with Gasteiger partial charge in [0, 0.05) is 35.0 Å². The van der Waals surface area contributed by atoms with Gasteiger partial charge in [0.05, 0.1) is 32.8 Å². The second-order valence-electron chi connectivity index (χ2n) is 10.6. The highest BCUT2D eigenvalue weighted by atomic mass is 16.5. The van der Waals surface area contributed by atoms with E-state index in [0.717, 1.165) is 48.3 Å². The van der Waals surface area contributed by atoms with E-state index >= 15 is 0 Å². The predicted molar refractivity (Wildman–Crippen MR) is 148 cm³/mol. The Morgan fingerprint density at radius 1 is 0.872 bits per heavy atom. The van der Waals surface area contributed by atoms with Crippen molar-refractivity contribution < 1.29 is 28.5 Å². The largest absolute Gasteiger partial charge is 0.497 e. The summed E-state index contributed by atoms with van der Waals surface area (Å²) >= 11 is 0. The third kappa shape index (κ3) is 5.40. The van der Waals surface area contributed by atoms with E-state index in [4.69, 9.17) is 18.9 Å². The van der Waals surface area contributed by atoms with Crippen LogP contribution in [0.4, 0.5) is 0 Å². The lowest BCUT2D eigenvalue weighted by atomic mass is 9.71. The standard InChI is InChI=1S/C32H37NO6/c1-19-29(32(35)39-23-8-6-5-7-9-23)30(25-15-14-24(37-3)18-28(25)38-4)31-26(33-19)16-21(17-27(31)34)20-10-12-22(36-2)13-11-20/h10-15,18,21,23,30,33H,5-9,16-17H2,1-4H3/t21-,30-/m0/s1. The minimum Gasteiger partial charge on any atom is -0.497 e. The predicted octanol–water partition coefficient (Wildman–Crippen LogP) is 5.95. The SMILES string of the molecule is COc1ccc([C@@H]2CC(=O)C3=C(C2)NC(C)=C(C(=O)OC2CCCCC2)[C@@H]3c2ccc(OC)cc2OC)cc1. The molecule has 1 N–H and O–H groups in total. The quantitative estimate of drug-likeness (QED) is 0.442. The minimum absolute atomic E-state index is 0.0166. The monoisotopic (exact) mass is 531 g/mol. The number of carbonyl (C=O) groups is 2. The van der Waals surface area contributed by atoms with Gasteiger partial charge >= 0.3 is 5.97 Å². The summed E-state index contributed by atoms with van der Waals surface area (Å²) in [5, 5.41) is 3.45. The fourth-order valence-corrected chi connectivity index (χ4v) is 6.19. The molecule has 1 aliphatic heterocycles. The number of carbonyl (C=O) groups excluding carboxylic acids is 2. The van der Waals surface area contributed by atoms with Gasteiger partial charge in [0.1, 0.15) is 23.4 Å². The summed E-state index contributed by atoms with van der Waals surface area (Å²) in [6.07, 6.45) is 5.95. The Bertz CT molecular complexity index is 1300. The molecule has 1 fully saturated rings. The van der Waals surface area contributed by atoms with Crippen LogP contribution in [-0.4, -0.2) is 39.2 Å². The average Bonchev–Trinajstić information content (AvgIpc) is 2.96. The number of dihydropyridines is 1. The molecular formula is C32H37NO6. The van der Waals surface area contributed by atoms with Crippen LogP contribution in [0, 0.1) is 0 Å². The first-order chi connectivity index (χ1) is 18.9. The molecule has 2 atom stereocenters. The van der Waals surface area contributed by atoms with Gasteiger partial charge in [0.25, 0.3) is 0 Å². The molecule has 0 saturated heterocycles. The lowest BCUT2D eigenvalue weighted by Crippen LogP contribution is -2.37. The molecule has 2 aliphatic carbocycles. The molecule has 0 amide bonds. The number of methoxy groups -OCH3 is 3. The highest BCUT2D eigenvalue weighted by Crippen LogP contribution is 2.48. The van der Waals surface area contributed by atoms with E-state index < -0.39 is 5.92 Å². The Kier molecular flexibility index (Phi) is 7.96. The van der Waals surface area contributed by atoms with Crippen molar-refractivity contribution in [3.8, 4) is 17.2 Å². The number of benzene rings is 2.